The fraction of sp³-hybridized carbons (Fsp3) is 0.618. The Hall–Kier alpha value is -3.29. The highest BCUT2D eigenvalue weighted by atomic mass is 16.6. The topological polar surface area (TPSA) is 119 Å². The molecule has 228 valence electrons. The Balaban J connectivity index is 0.000000189. The van der Waals surface area contributed by atoms with Gasteiger partial charge in [0.05, 0.1) is 6.04 Å². The zero-order valence-electron chi connectivity index (χ0n) is 26.5. The molecule has 5 aliphatic rings. The predicted octanol–water partition coefficient (Wildman–Crippen LogP) is 6.26. The van der Waals surface area contributed by atoms with Gasteiger partial charge in [0.2, 0.25) is 11.8 Å². The first kappa shape index (κ1) is 31.6. The van der Waals surface area contributed by atoms with Crippen molar-refractivity contribution in [2.75, 3.05) is 0 Å². The minimum atomic E-state index is -0.765. The van der Waals surface area contributed by atoms with Gasteiger partial charge in [-0.1, -0.05) is 66.2 Å². The van der Waals surface area contributed by atoms with Crippen LogP contribution in [-0.4, -0.2) is 28.7 Å². The largest absolute Gasteiger partial charge is 0.542 e. The van der Waals surface area contributed by atoms with E-state index in [-0.39, 0.29) is 52.1 Å². The summed E-state index contributed by atoms with van der Waals surface area (Å²) < 4.78 is 9.64. The van der Waals surface area contributed by atoms with Gasteiger partial charge in [0.1, 0.15) is 0 Å². The second kappa shape index (κ2) is 11.8. The summed E-state index contributed by atoms with van der Waals surface area (Å²) in [6, 6.07) is 0.0927. The molecule has 2 heterocycles. The highest BCUT2D eigenvalue weighted by Gasteiger charge is 2.49. The molecule has 2 unspecified atom stereocenters. The second-order valence-corrected chi connectivity index (χ2v) is 13.1. The lowest BCUT2D eigenvalue weighted by atomic mass is 9.54. The molecule has 1 saturated heterocycles. The van der Waals surface area contributed by atoms with Gasteiger partial charge in [-0.2, -0.15) is 0 Å². The third kappa shape index (κ3) is 5.45. The first-order valence-electron chi connectivity index (χ1n) is 15.4. The highest BCUT2D eigenvalue weighted by molar-refractivity contribution is 6.06. The van der Waals surface area contributed by atoms with Crippen molar-refractivity contribution in [3.8, 4) is 0 Å². The van der Waals surface area contributed by atoms with Crippen molar-refractivity contribution in [2.24, 2.45) is 34.5 Å². The van der Waals surface area contributed by atoms with Crippen molar-refractivity contribution in [2.45, 2.75) is 100.0 Å². The van der Waals surface area contributed by atoms with Gasteiger partial charge in [0.25, 0.3) is 0 Å². The molecular weight excluding hydrogens is 532 g/mol. The number of hydrogen-bond acceptors (Lipinski definition) is 7. The van der Waals surface area contributed by atoms with Crippen LogP contribution in [0.5, 0.6) is 0 Å². The monoisotopic (exact) mass is 578 g/mol. The van der Waals surface area contributed by atoms with Crippen molar-refractivity contribution in [1.29, 1.82) is 0 Å². The van der Waals surface area contributed by atoms with Gasteiger partial charge < -0.3 is 9.73 Å². The average Bonchev–Trinajstić information content (AvgIpc) is 3.54. The van der Waals surface area contributed by atoms with Crippen molar-refractivity contribution < 1.29 is 23.3 Å². The van der Waals surface area contributed by atoms with Crippen LogP contribution < -0.4 is 11.1 Å². The maximum absolute atomic E-state index is 12.1. The molecule has 1 N–H and O–H groups in total. The molecule has 2 saturated carbocycles. The molecule has 1 amide bonds. The summed E-state index contributed by atoms with van der Waals surface area (Å²) in [6.07, 6.45) is 11.2. The summed E-state index contributed by atoms with van der Waals surface area (Å²) in [6.45, 7) is 18.6. The lowest BCUT2D eigenvalue weighted by Crippen LogP contribution is -2.43. The molecule has 42 heavy (non-hydrogen) atoms. The van der Waals surface area contributed by atoms with E-state index in [2.05, 4.69) is 48.8 Å². The Kier molecular flexibility index (Phi) is 8.87. The SMILES string of the molecule is CC.CC1=C2C(C)[C@H]([C@H](C)c3noc(=O)o3)C(C)C[C@@]2(C)C=CC1=O.CC1=C2[C@@H]3NC(=O)C[C@@H]3CC[C@@]2(C)C=CC1=O. The van der Waals surface area contributed by atoms with Gasteiger partial charge in [-0.05, 0) is 90.8 Å². The molecule has 1 aromatic rings. The van der Waals surface area contributed by atoms with Crippen LogP contribution in [0.2, 0.25) is 0 Å². The minimum absolute atomic E-state index is 0.0310. The summed E-state index contributed by atoms with van der Waals surface area (Å²) in [5.74, 6) is 1.09. The van der Waals surface area contributed by atoms with E-state index in [1.54, 1.807) is 12.2 Å². The number of aromatic nitrogens is 1. The molecule has 8 atom stereocenters. The van der Waals surface area contributed by atoms with Crippen LogP contribution in [0, 0.1) is 34.5 Å². The first-order chi connectivity index (χ1) is 19.8. The quantitative estimate of drug-likeness (QED) is 0.440. The Morgan fingerprint density at radius 1 is 0.952 bits per heavy atom. The molecule has 3 fully saturated rings. The van der Waals surface area contributed by atoms with Crippen molar-refractivity contribution in [3.05, 3.63) is 63.1 Å². The lowest BCUT2D eigenvalue weighted by molar-refractivity contribution is -0.119. The summed E-state index contributed by atoms with van der Waals surface area (Å²) in [7, 11) is 0. The third-order valence-electron chi connectivity index (χ3n) is 10.4. The zero-order valence-corrected chi connectivity index (χ0v) is 26.5. The van der Waals surface area contributed by atoms with Gasteiger partial charge in [-0.15, -0.1) is 0 Å². The lowest BCUT2D eigenvalue weighted by Gasteiger charge is -2.49. The summed E-state index contributed by atoms with van der Waals surface area (Å²) in [5.41, 5.74) is 3.96. The van der Waals surface area contributed by atoms with E-state index in [0.29, 0.717) is 24.1 Å². The van der Waals surface area contributed by atoms with E-state index in [9.17, 15) is 19.2 Å². The van der Waals surface area contributed by atoms with E-state index in [1.165, 1.54) is 5.57 Å². The molecule has 1 aliphatic heterocycles. The number of carbonyl (C=O) groups is 3. The van der Waals surface area contributed by atoms with Crippen LogP contribution in [0.15, 0.2) is 60.3 Å². The van der Waals surface area contributed by atoms with Gasteiger partial charge >= 0.3 is 5.82 Å². The Bertz CT molecular complexity index is 1440. The fourth-order valence-corrected chi connectivity index (χ4v) is 8.65. The Morgan fingerprint density at radius 3 is 2.14 bits per heavy atom. The Labute approximate surface area is 248 Å². The number of rotatable bonds is 2. The molecule has 1 aromatic heterocycles. The first-order valence-corrected chi connectivity index (χ1v) is 15.4. The van der Waals surface area contributed by atoms with Gasteiger partial charge in [0.15, 0.2) is 11.6 Å². The van der Waals surface area contributed by atoms with Crippen LogP contribution in [0.3, 0.4) is 0 Å². The number of amides is 1. The summed E-state index contributed by atoms with van der Waals surface area (Å²) >= 11 is 0. The number of carbonyl (C=O) groups excluding carboxylic acids is 3. The Morgan fingerprint density at radius 2 is 1.55 bits per heavy atom. The number of allylic oxidation sites excluding steroid dienone is 7. The number of hydrogen-bond donors (Lipinski definition) is 1. The number of nitrogens with zero attached hydrogens (tertiary/aromatic N) is 1. The summed E-state index contributed by atoms with van der Waals surface area (Å²) in [4.78, 5) is 46.6. The highest BCUT2D eigenvalue weighted by Crippen LogP contribution is 2.56. The minimum Gasteiger partial charge on any atom is -0.375 e. The van der Waals surface area contributed by atoms with Crippen molar-refractivity contribution in [3.63, 3.8) is 0 Å². The van der Waals surface area contributed by atoms with Gasteiger partial charge in [-0.25, -0.2) is 4.79 Å². The average molecular weight is 579 g/mol. The van der Waals surface area contributed by atoms with Crippen LogP contribution in [0.4, 0.5) is 0 Å². The molecular formula is C34H46N2O6. The fourth-order valence-electron chi connectivity index (χ4n) is 8.65. The predicted molar refractivity (Wildman–Crippen MR) is 160 cm³/mol. The van der Waals surface area contributed by atoms with E-state index in [0.717, 1.165) is 36.0 Å². The van der Waals surface area contributed by atoms with Crippen LogP contribution in [0.25, 0.3) is 0 Å². The van der Waals surface area contributed by atoms with Crippen LogP contribution in [0.1, 0.15) is 99.8 Å². The standard InChI is InChI=1S/C18H23NO4.C14H17NO2.C2H6/c1-9-8-18(5)7-6-13(20)10(2)15(18)11(3)14(9)12(4)16-19-23-17(21)22-16;1-8-10(16)4-6-14(2)5-3-9-7-11(17)15-13(9)12(8)14;1-2/h6-7,9,11-12,14H,8H2,1-5H3;4,6,9,13H,3,5,7H2,1-2H3,(H,15,17);1-2H3/t9?,11?,12-,14+,18+;9-,13+,14-;/m00./s1. The van der Waals surface area contributed by atoms with Crippen LogP contribution in [-0.2, 0) is 14.4 Å². The summed E-state index contributed by atoms with van der Waals surface area (Å²) in [5, 5.41) is 6.81. The number of ketones is 2. The molecule has 6 rings (SSSR count). The van der Waals surface area contributed by atoms with Crippen molar-refractivity contribution in [1.82, 2.24) is 10.5 Å². The maximum Gasteiger partial charge on any atom is 0.542 e. The van der Waals surface area contributed by atoms with E-state index in [4.69, 9.17) is 4.42 Å². The normalized spacial score (nSPS) is 35.7. The van der Waals surface area contributed by atoms with E-state index >= 15 is 0 Å². The smallest absolute Gasteiger partial charge is 0.375 e. The third-order valence-corrected chi connectivity index (χ3v) is 10.4. The zero-order chi connectivity index (χ0) is 31.1. The van der Waals surface area contributed by atoms with Gasteiger partial charge in [-0.3, -0.25) is 18.9 Å². The van der Waals surface area contributed by atoms with E-state index in [1.807, 2.05) is 40.7 Å². The van der Waals surface area contributed by atoms with Gasteiger partial charge in [0, 0.05) is 23.2 Å². The molecule has 0 bridgehead atoms. The molecule has 8 heteroatoms. The molecule has 8 nitrogen and oxygen atoms in total. The number of fused-ring (bicyclic) bond motifs is 4. The van der Waals surface area contributed by atoms with E-state index < -0.39 is 5.82 Å². The molecule has 0 aromatic carbocycles. The number of nitrogens with one attached hydrogen (secondary N) is 1. The molecule has 4 aliphatic carbocycles. The van der Waals surface area contributed by atoms with Crippen LogP contribution >= 0.6 is 0 Å². The second-order valence-electron chi connectivity index (χ2n) is 13.1. The maximum atomic E-state index is 12.1. The van der Waals surface area contributed by atoms with Crippen molar-refractivity contribution >= 4 is 17.5 Å². The molecule has 0 spiro atoms. The molecule has 0 radical (unpaired) electrons.